The molecule has 0 saturated carbocycles. The van der Waals surface area contributed by atoms with Crippen LogP contribution in [0.2, 0.25) is 18.1 Å². The predicted octanol–water partition coefficient (Wildman–Crippen LogP) is 5.93. The number of likely N-dealkylation sites (tertiary alicyclic amines) is 1. The number of hydrogen-bond acceptors (Lipinski definition) is 5. The molecular formula is C24H38BrNO5Si. The highest BCUT2D eigenvalue weighted by Crippen LogP contribution is 2.42. The lowest BCUT2D eigenvalue weighted by Crippen LogP contribution is -2.56. The summed E-state index contributed by atoms with van der Waals surface area (Å²) in [5.74, 6) is -0.451. The fraction of sp³-hybridized carbons (Fsp3) is 0.667. The maximum atomic E-state index is 13.3. The summed E-state index contributed by atoms with van der Waals surface area (Å²) in [5.41, 5.74) is -0.951. The van der Waals surface area contributed by atoms with E-state index in [0.29, 0.717) is 12.8 Å². The van der Waals surface area contributed by atoms with E-state index in [4.69, 9.17) is 13.9 Å². The molecule has 0 radical (unpaired) electrons. The molecule has 1 aromatic carbocycles. The van der Waals surface area contributed by atoms with Gasteiger partial charge in [0.1, 0.15) is 11.1 Å². The van der Waals surface area contributed by atoms with E-state index < -0.39 is 31.5 Å². The van der Waals surface area contributed by atoms with Crippen molar-refractivity contribution in [1.29, 1.82) is 0 Å². The Morgan fingerprint density at radius 3 is 2.16 bits per heavy atom. The first-order valence-electron chi connectivity index (χ1n) is 11.0. The van der Waals surface area contributed by atoms with Crippen LogP contribution >= 0.6 is 15.9 Å². The summed E-state index contributed by atoms with van der Waals surface area (Å²) in [6.45, 7) is 16.6. The van der Waals surface area contributed by atoms with Crippen LogP contribution in [0.25, 0.3) is 0 Å². The van der Waals surface area contributed by atoms with E-state index in [2.05, 4.69) is 49.8 Å². The van der Waals surface area contributed by atoms with Crippen molar-refractivity contribution in [2.45, 2.75) is 89.8 Å². The van der Waals surface area contributed by atoms with Crippen molar-refractivity contribution in [3.8, 4) is 0 Å². The van der Waals surface area contributed by atoms with Crippen LogP contribution in [0.15, 0.2) is 28.7 Å². The van der Waals surface area contributed by atoms with Crippen LogP contribution in [0.4, 0.5) is 4.79 Å². The first-order valence-corrected chi connectivity index (χ1v) is 14.7. The molecule has 0 aromatic heterocycles. The molecule has 180 valence electrons. The monoisotopic (exact) mass is 527 g/mol. The van der Waals surface area contributed by atoms with Gasteiger partial charge in [-0.15, -0.1) is 0 Å². The second-order valence-corrected chi connectivity index (χ2v) is 16.8. The summed E-state index contributed by atoms with van der Waals surface area (Å²) in [7, 11) is -0.763. The molecule has 1 aliphatic heterocycles. The minimum Gasteiger partial charge on any atom is -0.467 e. The molecule has 32 heavy (non-hydrogen) atoms. The zero-order valence-electron chi connectivity index (χ0n) is 20.9. The Bertz CT molecular complexity index is 828. The van der Waals surface area contributed by atoms with Crippen molar-refractivity contribution in [2.24, 2.45) is 0 Å². The number of ether oxygens (including phenoxy) is 2. The lowest BCUT2D eigenvalue weighted by molar-refractivity contribution is -0.153. The molecule has 1 unspecified atom stereocenters. The van der Waals surface area contributed by atoms with E-state index in [1.54, 1.807) is 0 Å². The van der Waals surface area contributed by atoms with Crippen LogP contribution < -0.4 is 0 Å². The van der Waals surface area contributed by atoms with Gasteiger partial charge < -0.3 is 13.9 Å². The summed E-state index contributed by atoms with van der Waals surface area (Å²) in [6, 6.07) is 7.75. The molecule has 1 saturated heterocycles. The van der Waals surface area contributed by atoms with E-state index in [1.165, 1.54) is 12.0 Å². The van der Waals surface area contributed by atoms with Gasteiger partial charge in [-0.2, -0.15) is 0 Å². The minimum atomic E-state index is -2.13. The lowest BCUT2D eigenvalue weighted by Gasteiger charge is -2.38. The molecule has 6 nitrogen and oxygen atoms in total. The van der Waals surface area contributed by atoms with Crippen LogP contribution in [0.5, 0.6) is 0 Å². The standard InChI is InChI=1S/C24H38BrNO5Si/c1-22(2,3)30-21(28)26-16-19(31-32(8,9)23(4,5)6)15-24(26,20(27)29-7)14-17-10-12-18(25)13-11-17/h10-13,19H,14-16H2,1-9H3/t19-,24?/m1/s1. The van der Waals surface area contributed by atoms with Crippen molar-refractivity contribution >= 4 is 36.3 Å². The third-order valence-corrected chi connectivity index (χ3v) is 11.4. The van der Waals surface area contributed by atoms with Gasteiger partial charge in [-0.05, 0) is 56.6 Å². The molecule has 8 heteroatoms. The predicted molar refractivity (Wildman–Crippen MR) is 132 cm³/mol. The van der Waals surface area contributed by atoms with Crippen LogP contribution in [-0.4, -0.2) is 56.2 Å². The van der Waals surface area contributed by atoms with Crippen LogP contribution in [-0.2, 0) is 25.1 Å². The highest BCUT2D eigenvalue weighted by atomic mass is 79.9. The van der Waals surface area contributed by atoms with E-state index in [-0.39, 0.29) is 17.7 Å². The molecule has 1 amide bonds. The zero-order chi connectivity index (χ0) is 24.5. The number of benzene rings is 1. The van der Waals surface area contributed by atoms with Gasteiger partial charge in [0.2, 0.25) is 0 Å². The number of halogens is 1. The summed E-state index contributed by atoms with van der Waals surface area (Å²) < 4.78 is 18.6. The fourth-order valence-corrected chi connectivity index (χ4v) is 5.34. The van der Waals surface area contributed by atoms with Crippen molar-refractivity contribution in [1.82, 2.24) is 4.90 Å². The summed E-state index contributed by atoms with van der Waals surface area (Å²) in [4.78, 5) is 28.1. The lowest BCUT2D eigenvalue weighted by atomic mass is 9.87. The first-order chi connectivity index (χ1) is 14.5. The van der Waals surface area contributed by atoms with Gasteiger partial charge in [-0.3, -0.25) is 4.90 Å². The molecule has 1 aromatic rings. The topological polar surface area (TPSA) is 65.1 Å². The van der Waals surface area contributed by atoms with Crippen LogP contribution in [0.1, 0.15) is 53.5 Å². The highest BCUT2D eigenvalue weighted by molar-refractivity contribution is 9.10. The highest BCUT2D eigenvalue weighted by Gasteiger charge is 2.57. The Morgan fingerprint density at radius 2 is 1.69 bits per heavy atom. The third kappa shape index (κ3) is 6.14. The minimum absolute atomic E-state index is 0.00592. The van der Waals surface area contributed by atoms with E-state index >= 15 is 0 Å². The van der Waals surface area contributed by atoms with E-state index in [1.807, 2.05) is 45.0 Å². The second-order valence-electron chi connectivity index (χ2n) is 11.1. The average molecular weight is 529 g/mol. The Balaban J connectivity index is 2.49. The number of nitrogens with zero attached hydrogens (tertiary/aromatic N) is 1. The number of amides is 1. The summed E-state index contributed by atoms with van der Waals surface area (Å²) >= 11 is 3.45. The van der Waals surface area contributed by atoms with E-state index in [0.717, 1.165) is 10.0 Å². The summed E-state index contributed by atoms with van der Waals surface area (Å²) in [5, 5.41) is 0.00592. The number of methoxy groups -OCH3 is 1. The van der Waals surface area contributed by atoms with Gasteiger partial charge in [0.25, 0.3) is 0 Å². The Morgan fingerprint density at radius 1 is 1.12 bits per heavy atom. The van der Waals surface area contributed by atoms with Gasteiger partial charge in [-0.1, -0.05) is 48.8 Å². The number of carbonyl (C=O) groups is 2. The van der Waals surface area contributed by atoms with Gasteiger partial charge in [0, 0.05) is 17.3 Å². The molecular weight excluding hydrogens is 490 g/mol. The normalized spacial score (nSPS) is 22.1. The average Bonchev–Trinajstić information content (AvgIpc) is 2.99. The number of hydrogen-bond donors (Lipinski definition) is 0. The number of esters is 1. The SMILES string of the molecule is COC(=O)C1(Cc2ccc(Br)cc2)C[C@@H](O[Si](C)(C)C(C)(C)C)CN1C(=O)OC(C)(C)C. The Labute approximate surface area is 202 Å². The van der Waals surface area contributed by atoms with Crippen LogP contribution in [0.3, 0.4) is 0 Å². The van der Waals surface area contributed by atoms with Crippen molar-refractivity contribution in [3.05, 3.63) is 34.3 Å². The Hall–Kier alpha value is -1.38. The molecule has 1 heterocycles. The maximum Gasteiger partial charge on any atom is 0.411 e. The summed E-state index contributed by atoms with van der Waals surface area (Å²) in [6.07, 6.45) is -0.121. The molecule has 2 rings (SSSR count). The maximum absolute atomic E-state index is 13.3. The van der Waals surface area contributed by atoms with E-state index in [9.17, 15) is 9.59 Å². The van der Waals surface area contributed by atoms with Crippen LogP contribution in [0, 0.1) is 0 Å². The fourth-order valence-electron chi connectivity index (χ4n) is 3.73. The molecule has 1 aliphatic rings. The molecule has 0 aliphatic carbocycles. The molecule has 2 atom stereocenters. The first kappa shape index (κ1) is 26.9. The Kier molecular flexibility index (Phi) is 7.95. The number of rotatable bonds is 5. The zero-order valence-corrected chi connectivity index (χ0v) is 23.5. The number of carbonyl (C=O) groups excluding carboxylic acids is 2. The molecule has 0 spiro atoms. The smallest absolute Gasteiger partial charge is 0.411 e. The van der Waals surface area contributed by atoms with Crippen molar-refractivity contribution in [3.63, 3.8) is 0 Å². The molecule has 1 fully saturated rings. The van der Waals surface area contributed by atoms with Gasteiger partial charge in [0.05, 0.1) is 19.8 Å². The van der Waals surface area contributed by atoms with Gasteiger partial charge in [-0.25, -0.2) is 9.59 Å². The van der Waals surface area contributed by atoms with Gasteiger partial charge >= 0.3 is 12.1 Å². The second kappa shape index (κ2) is 9.47. The third-order valence-electron chi connectivity index (χ3n) is 6.32. The quantitative estimate of drug-likeness (QED) is 0.350. The van der Waals surface area contributed by atoms with Gasteiger partial charge in [0.15, 0.2) is 8.32 Å². The molecule has 0 N–H and O–H groups in total. The largest absolute Gasteiger partial charge is 0.467 e. The van der Waals surface area contributed by atoms with Crippen molar-refractivity contribution in [2.75, 3.05) is 13.7 Å². The van der Waals surface area contributed by atoms with Crippen molar-refractivity contribution < 1.29 is 23.5 Å². The molecule has 0 bridgehead atoms.